The Morgan fingerprint density at radius 1 is 1.24 bits per heavy atom. The smallest absolute Gasteiger partial charge is 0.347 e. The van der Waals surface area contributed by atoms with Crippen LogP contribution >= 0.6 is 11.3 Å². The fourth-order valence-electron chi connectivity index (χ4n) is 4.50. The van der Waals surface area contributed by atoms with E-state index >= 15 is 0 Å². The van der Waals surface area contributed by atoms with E-state index in [1.54, 1.807) is 0 Å². The molecule has 2 aliphatic carbocycles. The lowest BCUT2D eigenvalue weighted by Gasteiger charge is -2.24. The Morgan fingerprint density at radius 2 is 2.00 bits per heavy atom. The first-order chi connectivity index (χ1) is 13.8. The summed E-state index contributed by atoms with van der Waals surface area (Å²) in [5.41, 5.74) is 5.85. The molecule has 3 nitrogen and oxygen atoms in total. The number of hydrogen-bond acceptors (Lipinski definition) is 3. The SMILES string of the molecule is CC1=C(C2CCCCC2)c2ccc(C(=O)NCc3cnc(C(F)(F)F)s3)cc2C1. The van der Waals surface area contributed by atoms with E-state index < -0.39 is 11.2 Å². The van der Waals surface area contributed by atoms with Crippen LogP contribution in [0.2, 0.25) is 0 Å². The number of allylic oxidation sites excluding steroid dienone is 2. The Labute approximate surface area is 172 Å². The van der Waals surface area contributed by atoms with Gasteiger partial charge in [-0.25, -0.2) is 4.98 Å². The van der Waals surface area contributed by atoms with Gasteiger partial charge in [0.1, 0.15) is 0 Å². The molecule has 0 saturated heterocycles. The van der Waals surface area contributed by atoms with Gasteiger partial charge in [0.25, 0.3) is 5.91 Å². The lowest BCUT2D eigenvalue weighted by molar-refractivity contribution is -0.137. The van der Waals surface area contributed by atoms with Gasteiger partial charge < -0.3 is 5.32 Å². The average Bonchev–Trinajstić information content (AvgIpc) is 3.29. The van der Waals surface area contributed by atoms with Gasteiger partial charge in [0.05, 0.1) is 6.54 Å². The third kappa shape index (κ3) is 4.25. The van der Waals surface area contributed by atoms with Crippen LogP contribution in [0.4, 0.5) is 13.2 Å². The highest BCUT2D eigenvalue weighted by molar-refractivity contribution is 7.11. The van der Waals surface area contributed by atoms with Gasteiger partial charge in [0.2, 0.25) is 0 Å². The maximum Gasteiger partial charge on any atom is 0.443 e. The van der Waals surface area contributed by atoms with E-state index in [1.165, 1.54) is 60.6 Å². The summed E-state index contributed by atoms with van der Waals surface area (Å²) in [5.74, 6) is 0.345. The summed E-state index contributed by atoms with van der Waals surface area (Å²) in [6.07, 6.45) is 3.95. The van der Waals surface area contributed by atoms with Crippen molar-refractivity contribution in [1.29, 1.82) is 0 Å². The molecule has 29 heavy (non-hydrogen) atoms. The summed E-state index contributed by atoms with van der Waals surface area (Å²) in [6.45, 7) is 2.22. The van der Waals surface area contributed by atoms with E-state index in [9.17, 15) is 18.0 Å². The number of nitrogens with one attached hydrogen (secondary N) is 1. The summed E-state index contributed by atoms with van der Waals surface area (Å²) in [6, 6.07) is 5.79. The van der Waals surface area contributed by atoms with E-state index in [4.69, 9.17) is 0 Å². The van der Waals surface area contributed by atoms with E-state index in [0.29, 0.717) is 27.7 Å². The molecule has 0 unspecified atom stereocenters. The van der Waals surface area contributed by atoms with Crippen LogP contribution in [0.25, 0.3) is 5.57 Å². The number of nitrogens with zero attached hydrogens (tertiary/aromatic N) is 1. The van der Waals surface area contributed by atoms with Crippen molar-refractivity contribution in [3.05, 3.63) is 56.5 Å². The number of alkyl halides is 3. The van der Waals surface area contributed by atoms with Crippen molar-refractivity contribution in [3.63, 3.8) is 0 Å². The maximum absolute atomic E-state index is 12.6. The Balaban J connectivity index is 1.44. The molecule has 0 atom stereocenters. The molecule has 4 rings (SSSR count). The number of aromatic nitrogens is 1. The molecule has 1 heterocycles. The molecule has 1 saturated carbocycles. The molecule has 0 spiro atoms. The predicted molar refractivity (Wildman–Crippen MR) is 108 cm³/mol. The highest BCUT2D eigenvalue weighted by Crippen LogP contribution is 2.43. The van der Waals surface area contributed by atoms with Gasteiger partial charge in [-0.3, -0.25) is 4.79 Å². The number of hydrogen-bond donors (Lipinski definition) is 1. The van der Waals surface area contributed by atoms with E-state index in [-0.39, 0.29) is 12.5 Å². The summed E-state index contributed by atoms with van der Waals surface area (Å²) in [7, 11) is 0. The monoisotopic (exact) mass is 420 g/mol. The molecule has 7 heteroatoms. The lowest BCUT2D eigenvalue weighted by Crippen LogP contribution is -2.22. The van der Waals surface area contributed by atoms with Crippen molar-refractivity contribution in [3.8, 4) is 0 Å². The number of rotatable bonds is 4. The molecule has 1 N–H and O–H groups in total. The van der Waals surface area contributed by atoms with Gasteiger partial charge in [-0.05, 0) is 60.9 Å². The first-order valence-electron chi connectivity index (χ1n) is 9.96. The third-order valence-electron chi connectivity index (χ3n) is 5.81. The third-order valence-corrected chi connectivity index (χ3v) is 6.85. The Morgan fingerprint density at radius 3 is 2.69 bits per heavy atom. The van der Waals surface area contributed by atoms with Crippen molar-refractivity contribution in [2.45, 2.75) is 58.2 Å². The van der Waals surface area contributed by atoms with Crippen molar-refractivity contribution >= 4 is 22.8 Å². The number of carbonyl (C=O) groups is 1. The first kappa shape index (κ1) is 20.1. The highest BCUT2D eigenvalue weighted by atomic mass is 32.1. The molecular formula is C22H23F3N2OS. The quantitative estimate of drug-likeness (QED) is 0.659. The summed E-state index contributed by atoms with van der Waals surface area (Å²) >= 11 is 0.556. The zero-order chi connectivity index (χ0) is 20.6. The molecule has 1 amide bonds. The molecule has 1 aromatic heterocycles. The van der Waals surface area contributed by atoms with E-state index in [1.807, 2.05) is 18.2 Å². The maximum atomic E-state index is 12.6. The topological polar surface area (TPSA) is 42.0 Å². The van der Waals surface area contributed by atoms with Crippen LogP contribution < -0.4 is 5.32 Å². The number of carbonyl (C=O) groups excluding carboxylic acids is 1. The van der Waals surface area contributed by atoms with Crippen molar-refractivity contribution in [2.24, 2.45) is 5.92 Å². The molecule has 2 aliphatic rings. The van der Waals surface area contributed by atoms with E-state index in [0.717, 1.165) is 6.42 Å². The fraction of sp³-hybridized carbons (Fsp3) is 0.455. The van der Waals surface area contributed by atoms with Crippen LogP contribution in [0, 0.1) is 5.92 Å². The Bertz CT molecular complexity index is 955. The van der Waals surface area contributed by atoms with Crippen molar-refractivity contribution in [2.75, 3.05) is 0 Å². The standard InChI is InChI=1S/C22H23F3N2OS/c1-13-9-16-10-15(7-8-18(16)19(13)14-5-3-2-4-6-14)20(28)26-11-17-12-27-21(29-17)22(23,24)25/h7-8,10,12,14H,2-6,9,11H2,1H3,(H,26,28). The minimum atomic E-state index is -4.45. The molecule has 0 aliphatic heterocycles. The minimum absolute atomic E-state index is 0.0360. The predicted octanol–water partition coefficient (Wildman–Crippen LogP) is 6.00. The number of amides is 1. The van der Waals surface area contributed by atoms with Crippen LogP contribution in [0.3, 0.4) is 0 Å². The normalized spacial score (nSPS) is 17.5. The highest BCUT2D eigenvalue weighted by Gasteiger charge is 2.34. The Hall–Kier alpha value is -2.15. The minimum Gasteiger partial charge on any atom is -0.347 e. The summed E-state index contributed by atoms with van der Waals surface area (Å²) < 4.78 is 37.9. The van der Waals surface area contributed by atoms with Crippen molar-refractivity contribution in [1.82, 2.24) is 10.3 Å². The fourth-order valence-corrected chi connectivity index (χ4v) is 5.22. The largest absolute Gasteiger partial charge is 0.443 e. The van der Waals surface area contributed by atoms with Crippen LogP contribution in [-0.4, -0.2) is 10.9 Å². The molecule has 0 radical (unpaired) electrons. The van der Waals surface area contributed by atoms with Gasteiger partial charge in [-0.1, -0.05) is 30.9 Å². The van der Waals surface area contributed by atoms with Crippen LogP contribution in [0.5, 0.6) is 0 Å². The number of halogens is 3. The molecule has 2 aromatic rings. The second-order valence-electron chi connectivity index (χ2n) is 7.89. The van der Waals surface area contributed by atoms with Crippen LogP contribution in [0.1, 0.15) is 70.4 Å². The van der Waals surface area contributed by atoms with Crippen LogP contribution in [-0.2, 0) is 19.1 Å². The second kappa shape index (κ2) is 7.94. The van der Waals surface area contributed by atoms with E-state index in [2.05, 4.69) is 17.2 Å². The van der Waals surface area contributed by atoms with Crippen molar-refractivity contribution < 1.29 is 18.0 Å². The number of thiazole rings is 1. The van der Waals surface area contributed by atoms with Gasteiger partial charge in [0, 0.05) is 16.6 Å². The van der Waals surface area contributed by atoms with Crippen LogP contribution in [0.15, 0.2) is 30.0 Å². The second-order valence-corrected chi connectivity index (χ2v) is 9.01. The molecule has 1 fully saturated rings. The average molecular weight is 421 g/mol. The lowest BCUT2D eigenvalue weighted by atomic mass is 9.80. The number of benzene rings is 1. The van der Waals surface area contributed by atoms with Gasteiger partial charge >= 0.3 is 6.18 Å². The molecule has 154 valence electrons. The molecular weight excluding hydrogens is 397 g/mol. The first-order valence-corrected chi connectivity index (χ1v) is 10.8. The Kier molecular flexibility index (Phi) is 5.51. The van der Waals surface area contributed by atoms with Gasteiger partial charge in [-0.2, -0.15) is 13.2 Å². The zero-order valence-electron chi connectivity index (χ0n) is 16.2. The molecule has 1 aromatic carbocycles. The zero-order valence-corrected chi connectivity index (χ0v) is 17.1. The summed E-state index contributed by atoms with van der Waals surface area (Å²) in [5, 5.41) is 1.81. The summed E-state index contributed by atoms with van der Waals surface area (Å²) in [4.78, 5) is 16.3. The van der Waals surface area contributed by atoms with Gasteiger partial charge in [0.15, 0.2) is 5.01 Å². The number of fused-ring (bicyclic) bond motifs is 1. The van der Waals surface area contributed by atoms with Gasteiger partial charge in [-0.15, -0.1) is 11.3 Å². The molecule has 0 bridgehead atoms.